The Morgan fingerprint density at radius 1 is 1.05 bits per heavy atom. The van der Waals surface area contributed by atoms with E-state index in [1.54, 1.807) is 49.4 Å². The normalized spacial score (nSPS) is 15.9. The van der Waals surface area contributed by atoms with Crippen molar-refractivity contribution in [2.45, 2.75) is 45.1 Å². The second kappa shape index (κ2) is 11.6. The third-order valence-corrected chi connectivity index (χ3v) is 8.79. The number of halogens is 1. The van der Waals surface area contributed by atoms with Crippen LogP contribution in [0.15, 0.2) is 71.6 Å². The van der Waals surface area contributed by atoms with E-state index in [9.17, 15) is 13.2 Å². The first-order chi connectivity index (χ1) is 17.6. The molecule has 37 heavy (non-hydrogen) atoms. The molecule has 1 atom stereocenters. The molecule has 1 aliphatic rings. The molecule has 0 spiro atoms. The number of hydrogen-bond acceptors (Lipinski definition) is 4. The van der Waals surface area contributed by atoms with Crippen LogP contribution in [0.2, 0.25) is 5.02 Å². The summed E-state index contributed by atoms with van der Waals surface area (Å²) >= 11 is 6.21. The van der Waals surface area contributed by atoms with E-state index in [0.717, 1.165) is 28.5 Å². The summed E-state index contributed by atoms with van der Waals surface area (Å²) in [6.07, 6.45) is 2.47. The molecule has 1 unspecified atom stereocenters. The molecule has 1 amide bonds. The summed E-state index contributed by atoms with van der Waals surface area (Å²) in [6.45, 7) is 8.04. The second-order valence-electron chi connectivity index (χ2n) is 9.89. The Kier molecular flexibility index (Phi) is 8.45. The summed E-state index contributed by atoms with van der Waals surface area (Å²) in [5.41, 5.74) is 4.17. The first kappa shape index (κ1) is 27.0. The van der Waals surface area contributed by atoms with Gasteiger partial charge in [0.15, 0.2) is 0 Å². The van der Waals surface area contributed by atoms with Gasteiger partial charge in [0.1, 0.15) is 6.54 Å². The van der Waals surface area contributed by atoms with E-state index in [1.807, 2.05) is 19.1 Å². The Morgan fingerprint density at radius 3 is 2.43 bits per heavy atom. The molecule has 0 radical (unpaired) electrons. The van der Waals surface area contributed by atoms with E-state index in [2.05, 4.69) is 29.3 Å². The van der Waals surface area contributed by atoms with E-state index in [0.29, 0.717) is 28.7 Å². The number of sulfonamides is 1. The van der Waals surface area contributed by atoms with Crippen LogP contribution >= 0.6 is 11.6 Å². The zero-order valence-electron chi connectivity index (χ0n) is 21.6. The van der Waals surface area contributed by atoms with E-state index >= 15 is 0 Å². The predicted molar refractivity (Wildman–Crippen MR) is 151 cm³/mol. The van der Waals surface area contributed by atoms with Gasteiger partial charge >= 0.3 is 0 Å². The number of hydrogen-bond donors (Lipinski definition) is 1. The van der Waals surface area contributed by atoms with Crippen molar-refractivity contribution in [2.75, 3.05) is 28.8 Å². The quantitative estimate of drug-likeness (QED) is 0.398. The lowest BCUT2D eigenvalue weighted by Gasteiger charge is -2.32. The number of carbonyl (C=O) groups is 1. The van der Waals surface area contributed by atoms with Gasteiger partial charge in [-0.25, -0.2) is 8.42 Å². The number of aryl methyl sites for hydroxylation is 2. The van der Waals surface area contributed by atoms with Gasteiger partial charge in [-0.05, 0) is 80.1 Å². The van der Waals surface area contributed by atoms with Crippen LogP contribution in [0.25, 0.3) is 0 Å². The minimum Gasteiger partial charge on any atom is -0.371 e. The molecule has 8 heteroatoms. The van der Waals surface area contributed by atoms with Gasteiger partial charge in [-0.3, -0.25) is 9.10 Å². The fourth-order valence-corrected chi connectivity index (χ4v) is 6.27. The van der Waals surface area contributed by atoms with Crippen LogP contribution in [-0.4, -0.2) is 34.0 Å². The number of piperidine rings is 1. The number of nitrogens with one attached hydrogen (secondary N) is 1. The zero-order chi connectivity index (χ0) is 26.6. The molecule has 1 heterocycles. The largest absolute Gasteiger partial charge is 0.371 e. The summed E-state index contributed by atoms with van der Waals surface area (Å²) in [6, 6.07) is 19.8. The number of rotatable bonds is 8. The van der Waals surface area contributed by atoms with Crippen molar-refractivity contribution in [3.05, 3.63) is 88.4 Å². The summed E-state index contributed by atoms with van der Waals surface area (Å²) < 4.78 is 28.4. The first-order valence-corrected chi connectivity index (χ1v) is 14.4. The number of nitrogens with zero attached hydrogens (tertiary/aromatic N) is 2. The van der Waals surface area contributed by atoms with Gasteiger partial charge in [0, 0.05) is 30.3 Å². The number of carbonyl (C=O) groups excluding carboxylic acids is 1. The molecule has 6 nitrogen and oxygen atoms in total. The monoisotopic (exact) mass is 539 g/mol. The summed E-state index contributed by atoms with van der Waals surface area (Å²) in [5.74, 6) is 0.291. The molecule has 0 saturated carbocycles. The maximum absolute atomic E-state index is 13.6. The Hall–Kier alpha value is -3.03. The van der Waals surface area contributed by atoms with Crippen LogP contribution in [0.1, 0.15) is 36.5 Å². The Morgan fingerprint density at radius 2 is 1.76 bits per heavy atom. The highest BCUT2D eigenvalue weighted by Gasteiger charge is 2.28. The molecule has 1 saturated heterocycles. The lowest BCUT2D eigenvalue weighted by molar-refractivity contribution is -0.119. The minimum absolute atomic E-state index is 0.118. The highest BCUT2D eigenvalue weighted by Crippen LogP contribution is 2.29. The second-order valence-corrected chi connectivity index (χ2v) is 12.2. The fourth-order valence-electron chi connectivity index (χ4n) is 4.62. The van der Waals surface area contributed by atoms with E-state index < -0.39 is 15.9 Å². The van der Waals surface area contributed by atoms with Crippen molar-refractivity contribution in [2.24, 2.45) is 5.92 Å². The molecule has 0 aliphatic carbocycles. The maximum atomic E-state index is 13.6. The van der Waals surface area contributed by atoms with Crippen LogP contribution in [-0.2, 0) is 21.4 Å². The summed E-state index contributed by atoms with van der Waals surface area (Å²) in [5, 5.41) is 3.28. The van der Waals surface area contributed by atoms with Gasteiger partial charge in [-0.2, -0.15) is 0 Å². The number of amides is 1. The van der Waals surface area contributed by atoms with Crippen LogP contribution in [0, 0.1) is 19.8 Å². The van der Waals surface area contributed by atoms with Crippen molar-refractivity contribution in [1.29, 1.82) is 0 Å². The predicted octanol–water partition coefficient (Wildman–Crippen LogP) is 5.70. The standard InChI is InChI=1S/C29H34ClN3O3S/c1-21-6-14-27(15-7-21)37(35,36)33(28-17-25(30)11-8-23(28)3)20-29(34)31-18-24-9-12-26(13-10-24)32-16-4-5-22(2)19-32/h6-15,17,22H,4-5,16,18-20H2,1-3H3,(H,31,34). The molecule has 1 N–H and O–H groups in total. The zero-order valence-corrected chi connectivity index (χ0v) is 23.1. The third kappa shape index (κ3) is 6.65. The van der Waals surface area contributed by atoms with E-state index in [1.165, 1.54) is 18.5 Å². The lowest BCUT2D eigenvalue weighted by atomic mass is 9.99. The minimum atomic E-state index is -4.00. The molecule has 0 bridgehead atoms. The fraction of sp³-hybridized carbons (Fsp3) is 0.345. The Bertz CT molecular complexity index is 1340. The van der Waals surface area contributed by atoms with Crippen LogP contribution in [0.4, 0.5) is 11.4 Å². The topological polar surface area (TPSA) is 69.7 Å². The molecule has 196 valence electrons. The molecular weight excluding hydrogens is 506 g/mol. The van der Waals surface area contributed by atoms with Crippen molar-refractivity contribution >= 4 is 38.9 Å². The smallest absolute Gasteiger partial charge is 0.264 e. The average Bonchev–Trinajstić information content (AvgIpc) is 2.88. The number of benzene rings is 3. The van der Waals surface area contributed by atoms with Gasteiger partial charge < -0.3 is 10.2 Å². The average molecular weight is 540 g/mol. The first-order valence-electron chi connectivity index (χ1n) is 12.6. The summed E-state index contributed by atoms with van der Waals surface area (Å²) in [4.78, 5) is 15.5. The SMILES string of the molecule is Cc1ccc(S(=O)(=O)N(CC(=O)NCc2ccc(N3CCCC(C)C3)cc2)c2cc(Cl)ccc2C)cc1. The van der Waals surface area contributed by atoms with E-state index in [-0.39, 0.29) is 11.4 Å². The molecule has 3 aromatic carbocycles. The van der Waals surface area contributed by atoms with Crippen LogP contribution in [0.3, 0.4) is 0 Å². The van der Waals surface area contributed by atoms with Gasteiger partial charge in [-0.15, -0.1) is 0 Å². The molecule has 4 rings (SSSR count). The van der Waals surface area contributed by atoms with Gasteiger partial charge in [0.2, 0.25) is 5.91 Å². The summed E-state index contributed by atoms with van der Waals surface area (Å²) in [7, 11) is -4.00. The van der Waals surface area contributed by atoms with Crippen LogP contribution in [0.5, 0.6) is 0 Å². The molecule has 0 aromatic heterocycles. The molecule has 3 aromatic rings. The Labute approximate surface area is 225 Å². The van der Waals surface area contributed by atoms with Crippen molar-refractivity contribution < 1.29 is 13.2 Å². The Balaban J connectivity index is 1.49. The highest BCUT2D eigenvalue weighted by atomic mass is 35.5. The van der Waals surface area contributed by atoms with Gasteiger partial charge in [0.25, 0.3) is 10.0 Å². The van der Waals surface area contributed by atoms with Gasteiger partial charge in [-0.1, -0.05) is 54.4 Å². The molecule has 1 fully saturated rings. The van der Waals surface area contributed by atoms with Crippen molar-refractivity contribution in [1.82, 2.24) is 5.32 Å². The van der Waals surface area contributed by atoms with Crippen molar-refractivity contribution in [3.63, 3.8) is 0 Å². The van der Waals surface area contributed by atoms with Crippen molar-refractivity contribution in [3.8, 4) is 0 Å². The third-order valence-electron chi connectivity index (χ3n) is 6.78. The van der Waals surface area contributed by atoms with Crippen LogP contribution < -0.4 is 14.5 Å². The van der Waals surface area contributed by atoms with Gasteiger partial charge in [0.05, 0.1) is 10.6 Å². The molecule has 1 aliphatic heterocycles. The maximum Gasteiger partial charge on any atom is 0.264 e. The van der Waals surface area contributed by atoms with E-state index in [4.69, 9.17) is 11.6 Å². The lowest BCUT2D eigenvalue weighted by Crippen LogP contribution is -2.41. The molecular formula is C29H34ClN3O3S. The highest BCUT2D eigenvalue weighted by molar-refractivity contribution is 7.92. The number of anilines is 2.